The number of nitrogens with one attached hydrogen (secondary N) is 1. The van der Waals surface area contributed by atoms with E-state index in [1.54, 1.807) is 40.5 Å². The molecule has 0 spiro atoms. The number of aromatic nitrogens is 5. The molecule has 0 saturated carbocycles. The fourth-order valence-corrected chi connectivity index (χ4v) is 5.92. The smallest absolute Gasteiger partial charge is 0.178 e. The molecule has 1 aliphatic heterocycles. The molecule has 9 heteroatoms. The van der Waals surface area contributed by atoms with E-state index in [4.69, 9.17) is 0 Å². The normalized spacial score (nSPS) is 16.2. The van der Waals surface area contributed by atoms with Crippen molar-refractivity contribution in [3.63, 3.8) is 0 Å². The SMILES string of the molecule is Cn1cc(-c2nc3nccc(-c4ccc(CN5Cc6cc(C(C)(C)C)sc6C5O)c(F)c4)c3[nH]2)cn1. The van der Waals surface area contributed by atoms with E-state index in [1.807, 2.05) is 30.3 Å². The van der Waals surface area contributed by atoms with Crippen LogP contribution < -0.4 is 0 Å². The van der Waals surface area contributed by atoms with Gasteiger partial charge in [-0.25, -0.2) is 14.4 Å². The van der Waals surface area contributed by atoms with Crippen LogP contribution in [0.1, 0.15) is 47.9 Å². The first-order chi connectivity index (χ1) is 17.2. The third-order valence-corrected chi connectivity index (χ3v) is 8.29. The molecule has 0 aliphatic carbocycles. The summed E-state index contributed by atoms with van der Waals surface area (Å²) < 4.78 is 17.0. The molecular weight excluding hydrogens is 475 g/mol. The first kappa shape index (κ1) is 23.0. The number of hydrogen-bond donors (Lipinski definition) is 2. The highest BCUT2D eigenvalue weighted by atomic mass is 32.1. The second-order valence-corrected chi connectivity index (χ2v) is 11.5. The van der Waals surface area contributed by atoms with Gasteiger partial charge in [-0.1, -0.05) is 32.9 Å². The molecule has 1 unspecified atom stereocenters. The number of nitrogens with zero attached hydrogens (tertiary/aromatic N) is 5. The van der Waals surface area contributed by atoms with Crippen LogP contribution in [0.3, 0.4) is 0 Å². The van der Waals surface area contributed by atoms with E-state index in [0.717, 1.165) is 32.6 Å². The predicted octanol–water partition coefficient (Wildman–Crippen LogP) is 5.53. The number of aliphatic hydroxyl groups excluding tert-OH is 1. The Balaban J connectivity index is 1.26. The van der Waals surface area contributed by atoms with Gasteiger partial charge in [0, 0.05) is 48.5 Å². The molecule has 0 radical (unpaired) electrons. The monoisotopic (exact) mass is 502 g/mol. The van der Waals surface area contributed by atoms with Crippen molar-refractivity contribution in [1.82, 2.24) is 29.6 Å². The van der Waals surface area contributed by atoms with Gasteiger partial charge >= 0.3 is 0 Å². The lowest BCUT2D eigenvalue weighted by atomic mass is 9.94. The summed E-state index contributed by atoms with van der Waals surface area (Å²) in [6.45, 7) is 7.47. The van der Waals surface area contributed by atoms with Crippen molar-refractivity contribution in [2.45, 2.75) is 45.5 Å². The zero-order valence-corrected chi connectivity index (χ0v) is 21.4. The van der Waals surface area contributed by atoms with Gasteiger partial charge in [-0.2, -0.15) is 5.10 Å². The number of rotatable bonds is 4. The predicted molar refractivity (Wildman–Crippen MR) is 139 cm³/mol. The minimum Gasteiger partial charge on any atom is -0.373 e. The number of imidazole rings is 1. The van der Waals surface area contributed by atoms with E-state index in [2.05, 4.69) is 46.9 Å². The maximum atomic E-state index is 15.3. The van der Waals surface area contributed by atoms with Crippen molar-refractivity contribution in [3.8, 4) is 22.5 Å². The molecule has 2 N–H and O–H groups in total. The van der Waals surface area contributed by atoms with Crippen molar-refractivity contribution < 1.29 is 9.50 Å². The molecule has 1 aromatic carbocycles. The Kier molecular flexibility index (Phi) is 5.33. The number of aliphatic hydroxyl groups is 1. The van der Waals surface area contributed by atoms with Crippen molar-refractivity contribution in [2.24, 2.45) is 7.05 Å². The van der Waals surface area contributed by atoms with E-state index in [9.17, 15) is 5.11 Å². The Morgan fingerprint density at radius 2 is 2.03 bits per heavy atom. The molecule has 4 aromatic heterocycles. The molecular formula is C27H27FN6OS. The minimum atomic E-state index is -0.712. The number of benzene rings is 1. The summed E-state index contributed by atoms with van der Waals surface area (Å²) in [5.74, 6) is 0.363. The van der Waals surface area contributed by atoms with E-state index in [-0.39, 0.29) is 11.2 Å². The number of hydrogen-bond acceptors (Lipinski definition) is 6. The molecule has 0 amide bonds. The molecule has 6 rings (SSSR count). The van der Waals surface area contributed by atoms with Gasteiger partial charge in [0.2, 0.25) is 0 Å². The van der Waals surface area contributed by atoms with Gasteiger partial charge in [-0.3, -0.25) is 9.58 Å². The molecule has 1 aliphatic rings. The minimum absolute atomic E-state index is 0.0489. The molecule has 5 aromatic rings. The van der Waals surface area contributed by atoms with Crippen LogP contribution >= 0.6 is 11.3 Å². The zero-order chi connectivity index (χ0) is 25.2. The molecule has 7 nitrogen and oxygen atoms in total. The van der Waals surface area contributed by atoms with Crippen molar-refractivity contribution in [3.05, 3.63) is 75.6 Å². The van der Waals surface area contributed by atoms with Gasteiger partial charge in [0.05, 0.1) is 22.2 Å². The third kappa shape index (κ3) is 3.93. The Hall–Kier alpha value is -3.40. The average molecular weight is 503 g/mol. The highest BCUT2D eigenvalue weighted by Gasteiger charge is 2.33. The largest absolute Gasteiger partial charge is 0.373 e. The molecule has 0 saturated heterocycles. The first-order valence-corrected chi connectivity index (χ1v) is 12.7. The van der Waals surface area contributed by atoms with E-state index in [0.29, 0.717) is 30.1 Å². The Morgan fingerprint density at radius 3 is 2.72 bits per heavy atom. The number of fused-ring (bicyclic) bond motifs is 2. The highest BCUT2D eigenvalue weighted by Crippen LogP contribution is 2.42. The summed E-state index contributed by atoms with van der Waals surface area (Å²) in [5, 5.41) is 15.1. The average Bonchev–Trinajstić information content (AvgIpc) is 3.59. The van der Waals surface area contributed by atoms with Gasteiger partial charge in [-0.05, 0) is 34.7 Å². The van der Waals surface area contributed by atoms with Crippen LogP contribution in [-0.2, 0) is 25.6 Å². The van der Waals surface area contributed by atoms with Gasteiger partial charge in [0.25, 0.3) is 0 Å². The summed E-state index contributed by atoms with van der Waals surface area (Å²) in [4.78, 5) is 16.4. The number of aromatic amines is 1. The second-order valence-electron chi connectivity index (χ2n) is 10.4. The van der Waals surface area contributed by atoms with E-state index >= 15 is 4.39 Å². The third-order valence-electron chi connectivity index (χ3n) is 6.64. The summed E-state index contributed by atoms with van der Waals surface area (Å²) >= 11 is 1.65. The van der Waals surface area contributed by atoms with Crippen LogP contribution in [0.25, 0.3) is 33.7 Å². The molecule has 1 atom stereocenters. The Bertz CT molecular complexity index is 1590. The van der Waals surface area contributed by atoms with Crippen LogP contribution in [-0.4, -0.2) is 34.7 Å². The van der Waals surface area contributed by atoms with Gasteiger partial charge < -0.3 is 10.1 Å². The van der Waals surface area contributed by atoms with Gasteiger partial charge in [-0.15, -0.1) is 11.3 Å². The Morgan fingerprint density at radius 1 is 1.19 bits per heavy atom. The lowest BCUT2D eigenvalue weighted by Gasteiger charge is -2.22. The van der Waals surface area contributed by atoms with E-state index < -0.39 is 6.23 Å². The summed E-state index contributed by atoms with van der Waals surface area (Å²) in [7, 11) is 1.85. The van der Waals surface area contributed by atoms with Crippen molar-refractivity contribution in [1.29, 1.82) is 0 Å². The lowest BCUT2D eigenvalue weighted by Crippen LogP contribution is -2.22. The second kappa shape index (κ2) is 8.33. The number of H-pyrrole nitrogens is 1. The molecule has 0 fully saturated rings. The zero-order valence-electron chi connectivity index (χ0n) is 20.6. The standard InChI is InChI=1S/C27H27FN6OS/c1-27(2,3)21-10-17-14-34(26(35)23(17)36-21)13-16-6-5-15(9-20(16)28)19-7-8-29-25-22(19)31-24(32-25)18-11-30-33(4)12-18/h5-12,26,35H,13-14H2,1-4H3,(H,29,31,32). The molecule has 36 heavy (non-hydrogen) atoms. The maximum Gasteiger partial charge on any atom is 0.178 e. The summed E-state index contributed by atoms with van der Waals surface area (Å²) in [6, 6.07) is 9.30. The summed E-state index contributed by atoms with van der Waals surface area (Å²) in [5.41, 5.74) is 5.47. The number of aryl methyl sites for hydroxylation is 1. The quantitative estimate of drug-likeness (QED) is 0.338. The summed E-state index contributed by atoms with van der Waals surface area (Å²) in [6.07, 6.45) is 4.58. The number of thiophene rings is 1. The van der Waals surface area contributed by atoms with Crippen LogP contribution in [0, 0.1) is 5.82 Å². The van der Waals surface area contributed by atoms with Crippen molar-refractivity contribution in [2.75, 3.05) is 0 Å². The number of halogens is 1. The van der Waals surface area contributed by atoms with Crippen LogP contribution in [0.2, 0.25) is 0 Å². The maximum absolute atomic E-state index is 15.3. The van der Waals surface area contributed by atoms with Gasteiger partial charge in [0.1, 0.15) is 17.9 Å². The molecule has 184 valence electrons. The van der Waals surface area contributed by atoms with Crippen LogP contribution in [0.5, 0.6) is 0 Å². The Labute approximate surface area is 212 Å². The van der Waals surface area contributed by atoms with Crippen LogP contribution in [0.4, 0.5) is 4.39 Å². The topological polar surface area (TPSA) is 82.9 Å². The highest BCUT2D eigenvalue weighted by molar-refractivity contribution is 7.12. The fourth-order valence-electron chi connectivity index (χ4n) is 4.66. The fraction of sp³-hybridized carbons (Fsp3) is 0.296. The van der Waals surface area contributed by atoms with E-state index in [1.165, 1.54) is 4.88 Å². The lowest BCUT2D eigenvalue weighted by molar-refractivity contribution is 0.00902. The molecule has 0 bridgehead atoms. The van der Waals surface area contributed by atoms with Gasteiger partial charge in [0.15, 0.2) is 5.65 Å². The number of pyridine rings is 1. The van der Waals surface area contributed by atoms with Crippen LogP contribution in [0.15, 0.2) is 48.9 Å². The molecule has 5 heterocycles. The first-order valence-electron chi connectivity index (χ1n) is 11.8. The van der Waals surface area contributed by atoms with Crippen molar-refractivity contribution >= 4 is 22.5 Å².